The number of aromatic nitrogens is 1. The molecule has 0 saturated carbocycles. The molecule has 0 aliphatic heterocycles. The van der Waals surface area contributed by atoms with Gasteiger partial charge < -0.3 is 24.8 Å². The lowest BCUT2D eigenvalue weighted by molar-refractivity contribution is -0.119. The number of benzene rings is 3. The van der Waals surface area contributed by atoms with Crippen LogP contribution in [-0.4, -0.2) is 30.2 Å². The van der Waals surface area contributed by atoms with Gasteiger partial charge in [0.15, 0.2) is 16.6 Å². The predicted octanol–water partition coefficient (Wildman–Crippen LogP) is 5.75. The SMILES string of the molecule is COc1cc2nccc(Oc3ccc(NC(=S)NC(=O)Cc4cccc(Cl)c4)cc3)c2cc1OC. The Hall–Kier alpha value is -3.88. The number of carbonyl (C=O) groups is 1. The highest BCUT2D eigenvalue weighted by Crippen LogP contribution is 2.36. The second kappa shape index (κ2) is 11.0. The molecule has 0 unspecified atom stereocenters. The molecule has 1 aromatic heterocycles. The van der Waals surface area contributed by atoms with Gasteiger partial charge in [0.2, 0.25) is 5.91 Å². The zero-order chi connectivity index (χ0) is 24.8. The van der Waals surface area contributed by atoms with Gasteiger partial charge in [-0.15, -0.1) is 0 Å². The van der Waals surface area contributed by atoms with E-state index in [1.807, 2.05) is 12.1 Å². The molecule has 1 heterocycles. The number of halogens is 1. The Morgan fingerprint density at radius 3 is 2.43 bits per heavy atom. The van der Waals surface area contributed by atoms with Crippen LogP contribution in [0.15, 0.2) is 72.9 Å². The van der Waals surface area contributed by atoms with Crippen LogP contribution in [0.1, 0.15) is 5.56 Å². The van der Waals surface area contributed by atoms with E-state index >= 15 is 0 Å². The number of nitrogens with one attached hydrogen (secondary N) is 2. The highest BCUT2D eigenvalue weighted by Gasteiger charge is 2.12. The second-order valence-corrected chi connectivity index (χ2v) is 8.31. The number of hydrogen-bond donors (Lipinski definition) is 2. The van der Waals surface area contributed by atoms with Gasteiger partial charge in [-0.1, -0.05) is 23.7 Å². The number of pyridine rings is 1. The van der Waals surface area contributed by atoms with Gasteiger partial charge in [0, 0.05) is 28.4 Å². The first-order valence-corrected chi connectivity index (χ1v) is 11.4. The van der Waals surface area contributed by atoms with Crippen molar-refractivity contribution in [1.82, 2.24) is 10.3 Å². The quantitative estimate of drug-likeness (QED) is 0.308. The Bertz CT molecular complexity index is 1380. The van der Waals surface area contributed by atoms with Gasteiger partial charge in [-0.25, -0.2) is 0 Å². The van der Waals surface area contributed by atoms with E-state index in [0.717, 1.165) is 16.5 Å². The first-order chi connectivity index (χ1) is 16.9. The van der Waals surface area contributed by atoms with Crippen molar-refractivity contribution in [3.63, 3.8) is 0 Å². The molecule has 4 rings (SSSR count). The number of amides is 1. The summed E-state index contributed by atoms with van der Waals surface area (Å²) in [5.74, 6) is 2.19. The van der Waals surface area contributed by atoms with Crippen molar-refractivity contribution >= 4 is 51.4 Å². The number of methoxy groups -OCH3 is 2. The molecule has 0 spiro atoms. The van der Waals surface area contributed by atoms with Gasteiger partial charge in [0.25, 0.3) is 0 Å². The molecule has 3 aromatic carbocycles. The van der Waals surface area contributed by atoms with Gasteiger partial charge in [-0.2, -0.15) is 0 Å². The molecule has 0 bridgehead atoms. The second-order valence-electron chi connectivity index (χ2n) is 7.47. The summed E-state index contributed by atoms with van der Waals surface area (Å²) < 4.78 is 16.8. The van der Waals surface area contributed by atoms with E-state index in [1.54, 1.807) is 75.0 Å². The van der Waals surface area contributed by atoms with Crippen LogP contribution in [0.5, 0.6) is 23.0 Å². The Morgan fingerprint density at radius 1 is 0.971 bits per heavy atom. The first-order valence-electron chi connectivity index (χ1n) is 10.6. The van der Waals surface area contributed by atoms with E-state index < -0.39 is 0 Å². The number of carbonyl (C=O) groups excluding carboxylic acids is 1. The van der Waals surface area contributed by atoms with Crippen molar-refractivity contribution in [1.29, 1.82) is 0 Å². The standard InChI is InChI=1S/C26H22ClN3O4S/c1-32-23-14-20-21(15-24(23)33-2)28-11-10-22(20)34-19-8-6-18(7-9-19)29-26(35)30-25(31)13-16-4-3-5-17(27)12-16/h3-12,14-15H,13H2,1-2H3,(H2,29,30,31,35). The van der Waals surface area contributed by atoms with Crippen LogP contribution in [0.4, 0.5) is 5.69 Å². The van der Waals surface area contributed by atoms with Crippen LogP contribution in [-0.2, 0) is 11.2 Å². The van der Waals surface area contributed by atoms with E-state index in [4.69, 9.17) is 38.0 Å². The Kier molecular flexibility index (Phi) is 7.64. The predicted molar refractivity (Wildman–Crippen MR) is 141 cm³/mol. The lowest BCUT2D eigenvalue weighted by atomic mass is 10.1. The van der Waals surface area contributed by atoms with Crippen molar-refractivity contribution in [2.75, 3.05) is 19.5 Å². The number of fused-ring (bicyclic) bond motifs is 1. The lowest BCUT2D eigenvalue weighted by Gasteiger charge is -2.13. The first kappa shape index (κ1) is 24.3. The lowest BCUT2D eigenvalue weighted by Crippen LogP contribution is -2.35. The minimum atomic E-state index is -0.235. The van der Waals surface area contributed by atoms with Crippen LogP contribution in [0.3, 0.4) is 0 Å². The fraction of sp³-hybridized carbons (Fsp3) is 0.115. The highest BCUT2D eigenvalue weighted by molar-refractivity contribution is 7.80. The number of hydrogen-bond acceptors (Lipinski definition) is 6. The van der Waals surface area contributed by atoms with E-state index in [1.165, 1.54) is 0 Å². The molecule has 7 nitrogen and oxygen atoms in total. The summed E-state index contributed by atoms with van der Waals surface area (Å²) >= 11 is 11.2. The van der Waals surface area contributed by atoms with Crippen molar-refractivity contribution in [2.45, 2.75) is 6.42 Å². The Balaban J connectivity index is 1.40. The van der Waals surface area contributed by atoms with Crippen molar-refractivity contribution in [3.8, 4) is 23.0 Å². The third-order valence-corrected chi connectivity index (χ3v) is 5.49. The third kappa shape index (κ3) is 6.17. The number of nitrogens with zero attached hydrogens (tertiary/aromatic N) is 1. The van der Waals surface area contributed by atoms with Crippen molar-refractivity contribution in [2.24, 2.45) is 0 Å². The molecular formula is C26H22ClN3O4S. The monoisotopic (exact) mass is 507 g/mol. The summed E-state index contributed by atoms with van der Waals surface area (Å²) in [5, 5.41) is 7.23. The van der Waals surface area contributed by atoms with Gasteiger partial charge >= 0.3 is 0 Å². The summed E-state index contributed by atoms with van der Waals surface area (Å²) in [5.41, 5.74) is 2.23. The van der Waals surface area contributed by atoms with Crippen LogP contribution in [0, 0.1) is 0 Å². The summed E-state index contributed by atoms with van der Waals surface area (Å²) in [6.45, 7) is 0. The molecule has 4 aromatic rings. The number of anilines is 1. The van der Waals surface area contributed by atoms with Crippen molar-refractivity contribution < 1.29 is 19.0 Å². The zero-order valence-corrected chi connectivity index (χ0v) is 20.6. The average Bonchev–Trinajstić information content (AvgIpc) is 2.84. The number of thiocarbonyl (C=S) groups is 1. The molecule has 2 N–H and O–H groups in total. The normalized spacial score (nSPS) is 10.5. The minimum absolute atomic E-state index is 0.172. The Labute approximate surface area is 213 Å². The molecular weight excluding hydrogens is 486 g/mol. The third-order valence-electron chi connectivity index (χ3n) is 5.05. The molecule has 1 amide bonds. The molecule has 9 heteroatoms. The maximum atomic E-state index is 12.3. The molecule has 35 heavy (non-hydrogen) atoms. The summed E-state index contributed by atoms with van der Waals surface area (Å²) in [4.78, 5) is 16.6. The molecule has 178 valence electrons. The van der Waals surface area contributed by atoms with E-state index in [2.05, 4.69) is 15.6 Å². The fourth-order valence-corrected chi connectivity index (χ4v) is 3.88. The van der Waals surface area contributed by atoms with Crippen molar-refractivity contribution in [3.05, 3.63) is 83.5 Å². The van der Waals surface area contributed by atoms with E-state index in [9.17, 15) is 4.79 Å². The van der Waals surface area contributed by atoms with Gasteiger partial charge in [0.05, 0.1) is 26.2 Å². The summed E-state index contributed by atoms with van der Waals surface area (Å²) in [6, 6.07) is 19.7. The Morgan fingerprint density at radius 2 is 1.71 bits per heavy atom. The highest BCUT2D eigenvalue weighted by atomic mass is 35.5. The van der Waals surface area contributed by atoms with Gasteiger partial charge in [-0.3, -0.25) is 9.78 Å². The smallest absolute Gasteiger partial charge is 0.230 e. The molecule has 0 aliphatic carbocycles. The molecule has 0 aliphatic rings. The summed E-state index contributed by atoms with van der Waals surface area (Å²) in [6.07, 6.45) is 1.84. The molecule has 0 radical (unpaired) electrons. The molecule has 0 atom stereocenters. The van der Waals surface area contributed by atoms with Crippen LogP contribution in [0.2, 0.25) is 5.02 Å². The largest absolute Gasteiger partial charge is 0.493 e. The van der Waals surface area contributed by atoms with Crippen LogP contribution in [0.25, 0.3) is 10.9 Å². The summed E-state index contributed by atoms with van der Waals surface area (Å²) in [7, 11) is 3.16. The topological polar surface area (TPSA) is 81.7 Å². The van der Waals surface area contributed by atoms with Gasteiger partial charge in [0.1, 0.15) is 11.5 Å². The maximum Gasteiger partial charge on any atom is 0.230 e. The zero-order valence-electron chi connectivity index (χ0n) is 19.0. The van der Waals surface area contributed by atoms with Gasteiger partial charge in [-0.05, 0) is 66.3 Å². The number of rotatable bonds is 7. The average molecular weight is 508 g/mol. The van der Waals surface area contributed by atoms with E-state index in [0.29, 0.717) is 33.7 Å². The maximum absolute atomic E-state index is 12.3. The fourth-order valence-electron chi connectivity index (χ4n) is 3.44. The van der Waals surface area contributed by atoms with E-state index in [-0.39, 0.29) is 17.4 Å². The van der Waals surface area contributed by atoms with Crippen LogP contribution >= 0.6 is 23.8 Å². The van der Waals surface area contributed by atoms with Crippen LogP contribution < -0.4 is 24.8 Å². The minimum Gasteiger partial charge on any atom is -0.493 e. The molecule has 0 fully saturated rings. The number of ether oxygens (including phenoxy) is 3. The molecule has 0 saturated heterocycles.